The Balaban J connectivity index is 2.64. The van der Waals surface area contributed by atoms with Crippen molar-refractivity contribution in [1.29, 1.82) is 0 Å². The number of carboxylic acids is 1. The van der Waals surface area contributed by atoms with Gasteiger partial charge in [0, 0.05) is 12.7 Å². The molecule has 1 aromatic rings. The molecule has 0 aromatic carbocycles. The zero-order valence-electron chi connectivity index (χ0n) is 8.99. The molecule has 1 aromatic heterocycles. The highest BCUT2D eigenvalue weighted by atomic mass is 32.2. The van der Waals surface area contributed by atoms with E-state index in [0.29, 0.717) is 0 Å². The molecule has 0 saturated carbocycles. The summed E-state index contributed by atoms with van der Waals surface area (Å²) in [4.78, 5) is 21.2. The van der Waals surface area contributed by atoms with Crippen LogP contribution in [0.3, 0.4) is 0 Å². The average Bonchev–Trinajstić information content (AvgIpc) is 2.73. The van der Waals surface area contributed by atoms with Gasteiger partial charge in [-0.1, -0.05) is 11.8 Å². The second-order valence-electron chi connectivity index (χ2n) is 3.32. The number of aliphatic hydroxyl groups is 2. The SMILES string of the molecule is CC(=O)SCC(O)C(O)c1ccc(C(=O)O)o1. The maximum atomic E-state index is 10.7. The predicted molar refractivity (Wildman–Crippen MR) is 59.8 cm³/mol. The highest BCUT2D eigenvalue weighted by Gasteiger charge is 2.23. The van der Waals surface area contributed by atoms with Crippen LogP contribution in [0.5, 0.6) is 0 Å². The van der Waals surface area contributed by atoms with Crippen molar-refractivity contribution in [3.05, 3.63) is 23.7 Å². The maximum Gasteiger partial charge on any atom is 0.371 e. The van der Waals surface area contributed by atoms with Crippen LogP contribution in [0.4, 0.5) is 0 Å². The maximum absolute atomic E-state index is 10.7. The van der Waals surface area contributed by atoms with E-state index in [1.807, 2.05) is 0 Å². The lowest BCUT2D eigenvalue weighted by molar-refractivity contribution is -0.109. The fourth-order valence-electron chi connectivity index (χ4n) is 1.11. The summed E-state index contributed by atoms with van der Waals surface area (Å²) in [6.45, 7) is 1.35. The van der Waals surface area contributed by atoms with Crippen molar-refractivity contribution in [3.63, 3.8) is 0 Å². The molecule has 2 atom stereocenters. The molecule has 0 amide bonds. The van der Waals surface area contributed by atoms with Crippen molar-refractivity contribution in [2.45, 2.75) is 19.1 Å². The Morgan fingerprint density at radius 1 is 1.41 bits per heavy atom. The van der Waals surface area contributed by atoms with Gasteiger partial charge >= 0.3 is 5.97 Å². The summed E-state index contributed by atoms with van der Waals surface area (Å²) in [5, 5.41) is 27.6. The number of thioether (sulfide) groups is 1. The van der Waals surface area contributed by atoms with E-state index < -0.39 is 18.2 Å². The van der Waals surface area contributed by atoms with Crippen LogP contribution in [0.15, 0.2) is 16.5 Å². The quantitative estimate of drug-likeness (QED) is 0.713. The number of hydrogen-bond acceptors (Lipinski definition) is 6. The van der Waals surface area contributed by atoms with Crippen LogP contribution in [-0.4, -0.2) is 38.3 Å². The molecular formula is C10H12O6S. The third-order valence-electron chi connectivity index (χ3n) is 1.95. The van der Waals surface area contributed by atoms with Crippen LogP contribution in [0, 0.1) is 0 Å². The van der Waals surface area contributed by atoms with E-state index in [9.17, 15) is 19.8 Å². The Morgan fingerprint density at radius 2 is 2.06 bits per heavy atom. The predicted octanol–water partition coefficient (Wildman–Crippen LogP) is 0.652. The van der Waals surface area contributed by atoms with Gasteiger partial charge in [-0.05, 0) is 12.1 Å². The van der Waals surface area contributed by atoms with E-state index in [-0.39, 0.29) is 22.4 Å². The molecular weight excluding hydrogens is 248 g/mol. The molecule has 3 N–H and O–H groups in total. The fourth-order valence-corrected chi connectivity index (χ4v) is 1.70. The van der Waals surface area contributed by atoms with Gasteiger partial charge in [-0.2, -0.15) is 0 Å². The van der Waals surface area contributed by atoms with E-state index >= 15 is 0 Å². The first-order valence-corrected chi connectivity index (χ1v) is 5.73. The normalized spacial score (nSPS) is 14.3. The third-order valence-corrected chi connectivity index (χ3v) is 2.87. The summed E-state index contributed by atoms with van der Waals surface area (Å²) in [6.07, 6.45) is -2.55. The summed E-state index contributed by atoms with van der Waals surface area (Å²) in [6, 6.07) is 2.46. The molecule has 6 nitrogen and oxygen atoms in total. The number of hydrogen-bond donors (Lipinski definition) is 3. The van der Waals surface area contributed by atoms with Crippen LogP contribution in [0.2, 0.25) is 0 Å². The van der Waals surface area contributed by atoms with E-state index in [2.05, 4.69) is 0 Å². The molecule has 94 valence electrons. The minimum Gasteiger partial charge on any atom is -0.475 e. The minimum absolute atomic E-state index is 0.0135. The van der Waals surface area contributed by atoms with Crippen LogP contribution in [0.25, 0.3) is 0 Å². The summed E-state index contributed by atoms with van der Waals surface area (Å²) in [7, 11) is 0. The molecule has 0 fully saturated rings. The van der Waals surface area contributed by atoms with Crippen LogP contribution in [0.1, 0.15) is 29.3 Å². The van der Waals surface area contributed by atoms with E-state index in [0.717, 1.165) is 11.8 Å². The first-order chi connectivity index (χ1) is 7.91. The monoisotopic (exact) mass is 260 g/mol. The molecule has 0 saturated heterocycles. The molecule has 0 aliphatic heterocycles. The number of carbonyl (C=O) groups excluding carboxylic acids is 1. The lowest BCUT2D eigenvalue weighted by Crippen LogP contribution is -2.21. The zero-order valence-corrected chi connectivity index (χ0v) is 9.81. The molecule has 0 radical (unpaired) electrons. The van der Waals surface area contributed by atoms with Crippen molar-refractivity contribution in [3.8, 4) is 0 Å². The van der Waals surface area contributed by atoms with Gasteiger partial charge in [0.05, 0.1) is 6.10 Å². The molecule has 1 heterocycles. The molecule has 7 heteroatoms. The molecule has 0 aliphatic carbocycles. The summed E-state index contributed by atoms with van der Waals surface area (Å²) >= 11 is 0.869. The highest BCUT2D eigenvalue weighted by Crippen LogP contribution is 2.22. The van der Waals surface area contributed by atoms with Gasteiger partial charge in [0.15, 0.2) is 5.12 Å². The van der Waals surface area contributed by atoms with Crippen molar-refractivity contribution >= 4 is 22.8 Å². The molecule has 1 rings (SSSR count). The second kappa shape index (κ2) is 5.85. The van der Waals surface area contributed by atoms with Crippen molar-refractivity contribution in [2.75, 3.05) is 5.75 Å². The summed E-state index contributed by atoms with van der Waals surface area (Å²) in [5.41, 5.74) is 0. The minimum atomic E-state index is -1.35. The van der Waals surface area contributed by atoms with E-state index in [4.69, 9.17) is 9.52 Å². The molecule has 2 unspecified atom stereocenters. The largest absolute Gasteiger partial charge is 0.475 e. The number of aliphatic hydroxyl groups excluding tert-OH is 2. The molecule has 17 heavy (non-hydrogen) atoms. The number of furan rings is 1. The van der Waals surface area contributed by atoms with Crippen molar-refractivity contribution in [1.82, 2.24) is 0 Å². The van der Waals surface area contributed by atoms with Gasteiger partial charge in [0.25, 0.3) is 0 Å². The highest BCUT2D eigenvalue weighted by molar-refractivity contribution is 8.13. The van der Waals surface area contributed by atoms with Gasteiger partial charge in [-0.3, -0.25) is 4.79 Å². The standard InChI is InChI=1S/C10H12O6S/c1-5(11)17-4-6(12)9(13)7-2-3-8(16-7)10(14)15/h2-3,6,9,12-13H,4H2,1H3,(H,14,15). The number of carbonyl (C=O) groups is 2. The van der Waals surface area contributed by atoms with E-state index in [1.54, 1.807) is 0 Å². The number of carboxylic acid groups (broad SMARTS) is 1. The van der Waals surface area contributed by atoms with E-state index in [1.165, 1.54) is 19.1 Å². The van der Waals surface area contributed by atoms with Gasteiger partial charge in [-0.15, -0.1) is 0 Å². The van der Waals surface area contributed by atoms with Crippen molar-refractivity contribution < 1.29 is 29.3 Å². The Morgan fingerprint density at radius 3 is 2.53 bits per heavy atom. The zero-order chi connectivity index (χ0) is 13.0. The Bertz CT molecular complexity index is 413. The first kappa shape index (κ1) is 13.8. The molecule has 0 aliphatic rings. The van der Waals surface area contributed by atoms with Gasteiger partial charge in [0.2, 0.25) is 5.76 Å². The number of aromatic carboxylic acids is 1. The lowest BCUT2D eigenvalue weighted by atomic mass is 10.2. The number of rotatable bonds is 5. The third kappa shape index (κ3) is 3.88. The Labute approximate surface area is 101 Å². The van der Waals surface area contributed by atoms with Gasteiger partial charge in [0.1, 0.15) is 11.9 Å². The smallest absolute Gasteiger partial charge is 0.371 e. The second-order valence-corrected chi connectivity index (χ2v) is 4.52. The lowest BCUT2D eigenvalue weighted by Gasteiger charge is -2.14. The summed E-state index contributed by atoms with van der Waals surface area (Å²) in [5.74, 6) is -1.60. The Hall–Kier alpha value is -1.31. The van der Waals surface area contributed by atoms with Crippen LogP contribution >= 0.6 is 11.8 Å². The van der Waals surface area contributed by atoms with Gasteiger partial charge in [-0.25, -0.2) is 4.79 Å². The van der Waals surface area contributed by atoms with Gasteiger partial charge < -0.3 is 19.7 Å². The van der Waals surface area contributed by atoms with Crippen LogP contribution < -0.4 is 0 Å². The molecule has 0 spiro atoms. The summed E-state index contributed by atoms with van der Waals surface area (Å²) < 4.78 is 4.83. The Kier molecular flexibility index (Phi) is 4.73. The van der Waals surface area contributed by atoms with Crippen LogP contribution in [-0.2, 0) is 4.79 Å². The first-order valence-electron chi connectivity index (χ1n) is 4.74. The topological polar surface area (TPSA) is 108 Å². The van der Waals surface area contributed by atoms with Crippen molar-refractivity contribution in [2.24, 2.45) is 0 Å². The fraction of sp³-hybridized carbons (Fsp3) is 0.400. The average molecular weight is 260 g/mol. The molecule has 0 bridgehead atoms.